The van der Waals surface area contributed by atoms with Gasteiger partial charge in [-0.1, -0.05) is 24.3 Å². The number of carbonyl (C=O) groups excluding carboxylic acids is 1. The molecule has 158 valence electrons. The van der Waals surface area contributed by atoms with Crippen LogP contribution in [0.5, 0.6) is 11.5 Å². The zero-order valence-electron chi connectivity index (χ0n) is 17.5. The molecule has 2 aromatic carbocycles. The van der Waals surface area contributed by atoms with Crippen molar-refractivity contribution in [3.05, 3.63) is 59.7 Å². The van der Waals surface area contributed by atoms with Crippen LogP contribution in [0.25, 0.3) is 0 Å². The third kappa shape index (κ3) is 5.73. The minimum absolute atomic E-state index is 0.217. The number of nitrogens with one attached hydrogen (secondary N) is 2. The Kier molecular flexibility index (Phi) is 7.26. The SMILES string of the molecule is CCOc1ccc(CNc2nc(NCc3ccc(OCC)cc3)n(C(C)=O)n2)cc1. The maximum Gasteiger partial charge on any atom is 0.247 e. The van der Waals surface area contributed by atoms with E-state index in [1.165, 1.54) is 11.6 Å². The molecular weight excluding hydrogens is 382 g/mol. The fourth-order valence-corrected chi connectivity index (χ4v) is 2.82. The van der Waals surface area contributed by atoms with Gasteiger partial charge in [0.05, 0.1) is 13.2 Å². The first-order valence-electron chi connectivity index (χ1n) is 9.98. The van der Waals surface area contributed by atoms with Crippen LogP contribution in [0.2, 0.25) is 0 Å². The Morgan fingerprint density at radius 1 is 0.867 bits per heavy atom. The fourth-order valence-electron chi connectivity index (χ4n) is 2.82. The van der Waals surface area contributed by atoms with Crippen molar-refractivity contribution >= 4 is 17.8 Å². The predicted molar refractivity (Wildman–Crippen MR) is 116 cm³/mol. The molecule has 3 rings (SSSR count). The molecule has 8 heteroatoms. The van der Waals surface area contributed by atoms with Crippen molar-refractivity contribution < 1.29 is 14.3 Å². The van der Waals surface area contributed by atoms with E-state index in [-0.39, 0.29) is 5.91 Å². The second kappa shape index (κ2) is 10.3. The number of rotatable bonds is 10. The summed E-state index contributed by atoms with van der Waals surface area (Å²) in [6, 6.07) is 15.6. The second-order valence-electron chi connectivity index (χ2n) is 6.55. The minimum Gasteiger partial charge on any atom is -0.494 e. The molecule has 0 fully saturated rings. The number of hydrogen-bond donors (Lipinski definition) is 2. The van der Waals surface area contributed by atoms with Crippen molar-refractivity contribution in [1.29, 1.82) is 0 Å². The van der Waals surface area contributed by atoms with Gasteiger partial charge in [0.2, 0.25) is 17.8 Å². The number of carbonyl (C=O) groups is 1. The zero-order chi connectivity index (χ0) is 21.3. The third-order valence-electron chi connectivity index (χ3n) is 4.28. The molecule has 0 saturated heterocycles. The molecule has 0 atom stereocenters. The van der Waals surface area contributed by atoms with Gasteiger partial charge in [-0.2, -0.15) is 9.67 Å². The van der Waals surface area contributed by atoms with Crippen LogP contribution < -0.4 is 20.1 Å². The standard InChI is InChI=1S/C22H27N5O3/c1-4-29-19-10-6-17(7-11-19)14-23-21-25-22(27(26-21)16(3)28)24-15-18-8-12-20(13-9-18)30-5-2/h6-13H,4-5,14-15H2,1-3H3,(H2,23,24,25,26). The summed E-state index contributed by atoms with van der Waals surface area (Å²) in [7, 11) is 0. The van der Waals surface area contributed by atoms with Crippen LogP contribution >= 0.6 is 0 Å². The molecule has 0 radical (unpaired) electrons. The van der Waals surface area contributed by atoms with Crippen molar-refractivity contribution in [3.63, 3.8) is 0 Å². The van der Waals surface area contributed by atoms with Crippen LogP contribution in [0.3, 0.4) is 0 Å². The van der Waals surface area contributed by atoms with Gasteiger partial charge < -0.3 is 20.1 Å². The largest absolute Gasteiger partial charge is 0.494 e. The average molecular weight is 409 g/mol. The summed E-state index contributed by atoms with van der Waals surface area (Å²) < 4.78 is 12.2. The fraction of sp³-hybridized carbons (Fsp3) is 0.318. The highest BCUT2D eigenvalue weighted by Crippen LogP contribution is 2.16. The molecule has 1 heterocycles. The molecule has 0 aliphatic rings. The van der Waals surface area contributed by atoms with Gasteiger partial charge in [0, 0.05) is 20.0 Å². The highest BCUT2D eigenvalue weighted by molar-refractivity contribution is 5.78. The van der Waals surface area contributed by atoms with E-state index in [0.29, 0.717) is 38.2 Å². The average Bonchev–Trinajstić information content (AvgIpc) is 3.17. The molecule has 0 amide bonds. The topological polar surface area (TPSA) is 90.3 Å². The van der Waals surface area contributed by atoms with E-state index in [9.17, 15) is 4.79 Å². The number of benzene rings is 2. The maximum atomic E-state index is 11.9. The summed E-state index contributed by atoms with van der Waals surface area (Å²) in [6.07, 6.45) is 0. The lowest BCUT2D eigenvalue weighted by Gasteiger charge is -2.07. The van der Waals surface area contributed by atoms with E-state index in [1.807, 2.05) is 62.4 Å². The Labute approximate surface area is 176 Å². The third-order valence-corrected chi connectivity index (χ3v) is 4.28. The Morgan fingerprint density at radius 3 is 1.83 bits per heavy atom. The van der Waals surface area contributed by atoms with Gasteiger partial charge in [0.1, 0.15) is 11.5 Å². The van der Waals surface area contributed by atoms with E-state index in [2.05, 4.69) is 20.7 Å². The predicted octanol–water partition coefficient (Wildman–Crippen LogP) is 3.96. The highest BCUT2D eigenvalue weighted by Gasteiger charge is 2.13. The smallest absolute Gasteiger partial charge is 0.247 e. The van der Waals surface area contributed by atoms with Crippen molar-refractivity contribution in [2.24, 2.45) is 0 Å². The summed E-state index contributed by atoms with van der Waals surface area (Å²) in [5.74, 6) is 2.22. The Hall–Kier alpha value is -3.55. The van der Waals surface area contributed by atoms with Gasteiger partial charge in [-0.15, -0.1) is 5.10 Å². The molecule has 30 heavy (non-hydrogen) atoms. The number of nitrogens with zero attached hydrogens (tertiary/aromatic N) is 3. The lowest BCUT2D eigenvalue weighted by molar-refractivity contribution is 0.0924. The first-order chi connectivity index (χ1) is 14.6. The first kappa shape index (κ1) is 21.2. The Bertz CT molecular complexity index is 952. The van der Waals surface area contributed by atoms with Crippen molar-refractivity contribution in [2.45, 2.75) is 33.9 Å². The molecular formula is C22H27N5O3. The summed E-state index contributed by atoms with van der Waals surface area (Å²) >= 11 is 0. The number of ether oxygens (including phenoxy) is 2. The molecule has 0 unspecified atom stereocenters. The molecule has 1 aromatic heterocycles. The van der Waals surface area contributed by atoms with E-state index >= 15 is 0 Å². The summed E-state index contributed by atoms with van der Waals surface area (Å²) in [4.78, 5) is 16.4. The van der Waals surface area contributed by atoms with Crippen LogP contribution in [-0.2, 0) is 13.1 Å². The summed E-state index contributed by atoms with van der Waals surface area (Å²) in [5.41, 5.74) is 2.10. The second-order valence-corrected chi connectivity index (χ2v) is 6.55. The molecule has 0 spiro atoms. The molecule has 0 bridgehead atoms. The van der Waals surface area contributed by atoms with Gasteiger partial charge in [0.15, 0.2) is 0 Å². The highest BCUT2D eigenvalue weighted by atomic mass is 16.5. The van der Waals surface area contributed by atoms with E-state index in [1.54, 1.807) is 0 Å². The van der Waals surface area contributed by atoms with Gasteiger partial charge >= 0.3 is 0 Å². The van der Waals surface area contributed by atoms with Crippen molar-refractivity contribution in [3.8, 4) is 11.5 Å². The van der Waals surface area contributed by atoms with Gasteiger partial charge in [-0.05, 0) is 49.2 Å². The minimum atomic E-state index is -0.217. The first-order valence-corrected chi connectivity index (χ1v) is 9.98. The molecule has 3 aromatic rings. The number of aromatic nitrogens is 3. The lowest BCUT2D eigenvalue weighted by Crippen LogP contribution is -2.13. The molecule has 0 saturated carbocycles. The molecule has 8 nitrogen and oxygen atoms in total. The summed E-state index contributed by atoms with van der Waals surface area (Å²) in [6.45, 7) is 7.66. The van der Waals surface area contributed by atoms with Gasteiger partial charge in [0.25, 0.3) is 0 Å². The van der Waals surface area contributed by atoms with E-state index in [4.69, 9.17) is 9.47 Å². The molecule has 0 aliphatic carbocycles. The van der Waals surface area contributed by atoms with Crippen molar-refractivity contribution in [2.75, 3.05) is 23.8 Å². The van der Waals surface area contributed by atoms with Crippen LogP contribution in [0.15, 0.2) is 48.5 Å². The molecule has 0 aliphatic heterocycles. The monoisotopic (exact) mass is 409 g/mol. The summed E-state index contributed by atoms with van der Waals surface area (Å²) in [5, 5.41) is 10.6. The number of hydrogen-bond acceptors (Lipinski definition) is 7. The van der Waals surface area contributed by atoms with Crippen LogP contribution in [-0.4, -0.2) is 33.9 Å². The van der Waals surface area contributed by atoms with Crippen LogP contribution in [0.4, 0.5) is 11.9 Å². The zero-order valence-corrected chi connectivity index (χ0v) is 17.5. The van der Waals surface area contributed by atoms with E-state index < -0.39 is 0 Å². The van der Waals surface area contributed by atoms with Gasteiger partial charge in [-0.3, -0.25) is 4.79 Å². The number of anilines is 2. The lowest BCUT2D eigenvalue weighted by atomic mass is 10.2. The van der Waals surface area contributed by atoms with Gasteiger partial charge in [-0.25, -0.2) is 0 Å². The van der Waals surface area contributed by atoms with Crippen LogP contribution in [0, 0.1) is 0 Å². The van der Waals surface area contributed by atoms with Crippen molar-refractivity contribution in [1.82, 2.24) is 14.8 Å². The quantitative estimate of drug-likeness (QED) is 0.524. The Morgan fingerprint density at radius 2 is 1.37 bits per heavy atom. The maximum absolute atomic E-state index is 11.9. The van der Waals surface area contributed by atoms with E-state index in [0.717, 1.165) is 22.6 Å². The van der Waals surface area contributed by atoms with Crippen LogP contribution in [0.1, 0.15) is 36.7 Å². The Balaban J connectivity index is 1.62. The molecule has 2 N–H and O–H groups in total. The normalized spacial score (nSPS) is 10.5.